The van der Waals surface area contributed by atoms with Crippen LogP contribution in [-0.4, -0.2) is 22.7 Å². The normalized spacial score (nSPS) is 15.6. The topological polar surface area (TPSA) is 80.9 Å². The molecule has 1 aliphatic heterocycles. The summed E-state index contributed by atoms with van der Waals surface area (Å²) in [5.74, 6) is 0.798. The van der Waals surface area contributed by atoms with Crippen molar-refractivity contribution in [3.63, 3.8) is 0 Å². The number of thiophene rings is 1. The number of thiazole rings is 1. The average Bonchev–Trinajstić information content (AvgIpc) is 3.59. The monoisotopic (exact) mass is 462 g/mol. The van der Waals surface area contributed by atoms with Gasteiger partial charge in [0.2, 0.25) is 5.13 Å². The Bertz CT molecular complexity index is 1270. The lowest BCUT2D eigenvalue weighted by molar-refractivity contribution is -0.384. The molecule has 9 heteroatoms. The maximum absolute atomic E-state index is 11.1. The van der Waals surface area contributed by atoms with Gasteiger partial charge < -0.3 is 4.74 Å². The smallest absolute Gasteiger partial charge is 0.269 e. The number of hydrogen-bond donors (Lipinski definition) is 0. The highest BCUT2D eigenvalue weighted by molar-refractivity contribution is 7.14. The minimum Gasteiger partial charge on any atom is -0.497 e. The number of nitro groups is 1. The van der Waals surface area contributed by atoms with Crippen molar-refractivity contribution < 1.29 is 9.66 Å². The summed E-state index contributed by atoms with van der Waals surface area (Å²) < 4.78 is 5.24. The molecule has 0 radical (unpaired) electrons. The molecule has 2 aromatic carbocycles. The minimum atomic E-state index is -0.383. The molecule has 0 N–H and O–H groups in total. The number of aromatic nitrogens is 1. The Morgan fingerprint density at radius 3 is 2.53 bits per heavy atom. The predicted molar refractivity (Wildman–Crippen MR) is 128 cm³/mol. The third-order valence-corrected chi connectivity index (χ3v) is 7.03. The second-order valence-electron chi connectivity index (χ2n) is 7.18. The molecule has 0 unspecified atom stereocenters. The van der Waals surface area contributed by atoms with Crippen LogP contribution in [-0.2, 0) is 0 Å². The number of nitrogens with zero attached hydrogens (tertiary/aromatic N) is 4. The number of ether oxygens (including phenoxy) is 1. The van der Waals surface area contributed by atoms with Crippen molar-refractivity contribution in [1.29, 1.82) is 0 Å². The van der Waals surface area contributed by atoms with Crippen LogP contribution < -0.4 is 9.75 Å². The van der Waals surface area contributed by atoms with E-state index in [0.29, 0.717) is 6.42 Å². The summed E-state index contributed by atoms with van der Waals surface area (Å²) >= 11 is 3.18. The summed E-state index contributed by atoms with van der Waals surface area (Å²) in [6, 6.07) is 18.5. The lowest BCUT2D eigenvalue weighted by Gasteiger charge is -2.21. The van der Waals surface area contributed by atoms with Gasteiger partial charge in [-0.25, -0.2) is 9.99 Å². The molecule has 0 aliphatic carbocycles. The number of nitro benzene ring substituents is 1. The fourth-order valence-corrected chi connectivity index (χ4v) is 5.17. The lowest BCUT2D eigenvalue weighted by atomic mass is 10.0. The highest BCUT2D eigenvalue weighted by atomic mass is 32.1. The minimum absolute atomic E-state index is 0.0775. The molecule has 1 atom stereocenters. The molecule has 160 valence electrons. The Morgan fingerprint density at radius 1 is 1.09 bits per heavy atom. The van der Waals surface area contributed by atoms with Crippen LogP contribution in [0, 0.1) is 10.1 Å². The largest absolute Gasteiger partial charge is 0.497 e. The Kier molecular flexibility index (Phi) is 5.42. The van der Waals surface area contributed by atoms with Crippen LogP contribution in [0.2, 0.25) is 0 Å². The lowest BCUT2D eigenvalue weighted by Crippen LogP contribution is -2.18. The Hall–Kier alpha value is -3.56. The van der Waals surface area contributed by atoms with Gasteiger partial charge in [0, 0.05) is 29.5 Å². The average molecular weight is 463 g/mol. The van der Waals surface area contributed by atoms with E-state index < -0.39 is 0 Å². The van der Waals surface area contributed by atoms with E-state index in [9.17, 15) is 10.1 Å². The van der Waals surface area contributed by atoms with Gasteiger partial charge >= 0.3 is 0 Å². The fraction of sp³-hybridized carbons (Fsp3) is 0.130. The van der Waals surface area contributed by atoms with Gasteiger partial charge in [-0.2, -0.15) is 5.10 Å². The molecule has 0 bridgehead atoms. The molecule has 0 saturated carbocycles. The van der Waals surface area contributed by atoms with E-state index in [1.165, 1.54) is 11.3 Å². The fourth-order valence-electron chi connectivity index (χ4n) is 3.62. The van der Waals surface area contributed by atoms with Gasteiger partial charge in [-0.1, -0.05) is 18.2 Å². The number of non-ortho nitro benzene ring substituents is 1. The zero-order valence-corrected chi connectivity index (χ0v) is 18.7. The predicted octanol–water partition coefficient (Wildman–Crippen LogP) is 6.14. The molecule has 0 fully saturated rings. The van der Waals surface area contributed by atoms with Crippen molar-refractivity contribution >= 4 is 39.2 Å². The van der Waals surface area contributed by atoms with Crippen molar-refractivity contribution in [1.82, 2.24) is 4.98 Å². The van der Waals surface area contributed by atoms with Crippen molar-refractivity contribution in [3.05, 3.63) is 92.0 Å². The molecule has 4 aromatic rings. The number of anilines is 1. The highest BCUT2D eigenvalue weighted by Gasteiger charge is 2.32. The number of rotatable bonds is 6. The van der Waals surface area contributed by atoms with Gasteiger partial charge in [0.1, 0.15) is 5.75 Å². The molecule has 0 saturated heterocycles. The van der Waals surface area contributed by atoms with E-state index in [2.05, 4.69) is 6.07 Å². The van der Waals surface area contributed by atoms with E-state index in [1.54, 1.807) is 42.7 Å². The first-order chi connectivity index (χ1) is 15.6. The van der Waals surface area contributed by atoms with E-state index in [4.69, 9.17) is 14.8 Å². The van der Waals surface area contributed by atoms with Gasteiger partial charge in [0.25, 0.3) is 5.69 Å². The molecular weight excluding hydrogens is 444 g/mol. The Labute approximate surface area is 192 Å². The Morgan fingerprint density at radius 2 is 1.88 bits per heavy atom. The maximum atomic E-state index is 11.1. The summed E-state index contributed by atoms with van der Waals surface area (Å²) in [5, 5.41) is 22.7. The van der Waals surface area contributed by atoms with Crippen LogP contribution in [0.25, 0.3) is 11.3 Å². The molecule has 1 aliphatic rings. The van der Waals surface area contributed by atoms with E-state index in [-0.39, 0.29) is 16.7 Å². The first kappa shape index (κ1) is 20.3. The second-order valence-corrected chi connectivity index (χ2v) is 8.97. The van der Waals surface area contributed by atoms with Crippen LogP contribution in [0.15, 0.2) is 76.5 Å². The maximum Gasteiger partial charge on any atom is 0.269 e. The molecule has 7 nitrogen and oxygen atoms in total. The molecule has 3 heterocycles. The second kappa shape index (κ2) is 8.52. The first-order valence-corrected chi connectivity index (χ1v) is 11.6. The summed E-state index contributed by atoms with van der Waals surface area (Å²) in [6.07, 6.45) is 0.704. The summed E-state index contributed by atoms with van der Waals surface area (Å²) in [5.41, 5.74) is 3.90. The van der Waals surface area contributed by atoms with Gasteiger partial charge in [0.15, 0.2) is 0 Å². The molecular formula is C23H18N4O3S2. The third-order valence-electron chi connectivity index (χ3n) is 5.28. The molecule has 32 heavy (non-hydrogen) atoms. The Balaban J connectivity index is 1.49. The zero-order valence-electron chi connectivity index (χ0n) is 17.0. The van der Waals surface area contributed by atoms with Gasteiger partial charge in [-0.15, -0.1) is 22.7 Å². The van der Waals surface area contributed by atoms with Crippen molar-refractivity contribution in [2.24, 2.45) is 5.10 Å². The molecule has 0 amide bonds. The van der Waals surface area contributed by atoms with E-state index in [0.717, 1.165) is 38.3 Å². The van der Waals surface area contributed by atoms with Crippen LogP contribution in [0.1, 0.15) is 22.9 Å². The summed E-state index contributed by atoms with van der Waals surface area (Å²) in [7, 11) is 1.64. The van der Waals surface area contributed by atoms with E-state index in [1.807, 2.05) is 46.1 Å². The van der Waals surface area contributed by atoms with Crippen molar-refractivity contribution in [2.45, 2.75) is 12.5 Å². The third kappa shape index (κ3) is 3.88. The van der Waals surface area contributed by atoms with Crippen LogP contribution in [0.5, 0.6) is 5.75 Å². The van der Waals surface area contributed by atoms with Crippen molar-refractivity contribution in [3.8, 4) is 17.0 Å². The van der Waals surface area contributed by atoms with Gasteiger partial charge in [-0.3, -0.25) is 10.1 Å². The molecule has 5 rings (SSSR count). The molecule has 0 spiro atoms. The van der Waals surface area contributed by atoms with Crippen LogP contribution in [0.3, 0.4) is 0 Å². The quantitative estimate of drug-likeness (QED) is 0.254. The van der Waals surface area contributed by atoms with Crippen molar-refractivity contribution in [2.75, 3.05) is 12.1 Å². The first-order valence-electron chi connectivity index (χ1n) is 9.87. The number of hydrogen-bond acceptors (Lipinski definition) is 8. The number of hydrazone groups is 1. The molecule has 2 aromatic heterocycles. The van der Waals surface area contributed by atoms with E-state index >= 15 is 0 Å². The SMILES string of the molecule is COc1ccc(-c2csc(N3N=C(c4cccs4)C[C@H]3c3ccc([N+](=O)[O-])cc3)n2)cc1. The number of benzene rings is 2. The van der Waals surface area contributed by atoms with Gasteiger partial charge in [-0.05, 0) is 41.3 Å². The van der Waals surface area contributed by atoms with Gasteiger partial charge in [0.05, 0.1) is 34.4 Å². The van der Waals surface area contributed by atoms with Crippen LogP contribution >= 0.6 is 22.7 Å². The summed E-state index contributed by atoms with van der Waals surface area (Å²) in [4.78, 5) is 16.6. The standard InChI is InChI=1S/C23H18N4O3S2/c1-30-18-10-6-15(7-11-18)20-14-32-23(24-20)26-21(13-19(25-26)22-3-2-12-31-22)16-4-8-17(9-5-16)27(28)29/h2-12,14,21H,13H2,1H3/t21-/m0/s1. The highest BCUT2D eigenvalue weighted by Crippen LogP contribution is 2.40. The zero-order chi connectivity index (χ0) is 22.1. The summed E-state index contributed by atoms with van der Waals surface area (Å²) in [6.45, 7) is 0. The number of methoxy groups -OCH3 is 1. The van der Waals surface area contributed by atoms with Crippen LogP contribution in [0.4, 0.5) is 10.8 Å².